The maximum atomic E-state index is 2.39. The van der Waals surface area contributed by atoms with Crippen LogP contribution in [0.1, 0.15) is 6.42 Å². The Hall–Kier alpha value is 1.16. The van der Waals surface area contributed by atoms with E-state index in [-0.39, 0.29) is 51.0 Å². The minimum Gasteiger partial charge on any atom is -1.00 e. The molecular weight excluding hydrogens is 286 g/mol. The van der Waals surface area contributed by atoms with E-state index in [4.69, 9.17) is 0 Å². The van der Waals surface area contributed by atoms with E-state index in [2.05, 4.69) is 37.9 Å². The maximum Gasteiger partial charge on any atom is 2.00 e. The first-order chi connectivity index (χ1) is 4.11. The molecule has 12 heavy (non-hydrogen) atoms. The fraction of sp³-hybridized carbons (Fsp3) is 0.500. The van der Waals surface area contributed by atoms with Gasteiger partial charge in [0.25, 0.3) is 0 Å². The third-order valence-electron chi connectivity index (χ3n) is 1.73. The topological polar surface area (TPSA) is 0 Å². The van der Waals surface area contributed by atoms with E-state index < -0.39 is 8.07 Å². The molecule has 0 fully saturated rings. The van der Waals surface area contributed by atoms with E-state index in [1.54, 1.807) is 5.20 Å². The summed E-state index contributed by atoms with van der Waals surface area (Å²) < 4.78 is 0. The van der Waals surface area contributed by atoms with Gasteiger partial charge in [-0.25, -0.2) is 0 Å². The van der Waals surface area contributed by atoms with Crippen molar-refractivity contribution in [1.82, 2.24) is 0 Å². The van der Waals surface area contributed by atoms with Gasteiger partial charge in [-0.15, -0.1) is 0 Å². The molecule has 1 rings (SSSR count). The van der Waals surface area contributed by atoms with Gasteiger partial charge in [0.15, 0.2) is 0 Å². The molecule has 1 aliphatic rings. The Morgan fingerprint density at radius 2 is 1.67 bits per heavy atom. The summed E-state index contributed by atoms with van der Waals surface area (Å²) in [6.07, 6.45) is 7.92. The number of hydrogen-bond acceptors (Lipinski definition) is 0. The maximum absolute atomic E-state index is 2.39. The van der Waals surface area contributed by atoms with Gasteiger partial charge >= 0.3 is 26.2 Å². The summed E-state index contributed by atoms with van der Waals surface area (Å²) in [5.74, 6) is 0. The van der Waals surface area contributed by atoms with Crippen molar-refractivity contribution in [1.29, 1.82) is 0 Å². The van der Waals surface area contributed by atoms with Crippen molar-refractivity contribution < 1.29 is 51.0 Å². The third kappa shape index (κ3) is 5.75. The van der Waals surface area contributed by atoms with Crippen LogP contribution in [0, 0.1) is 0 Å². The summed E-state index contributed by atoms with van der Waals surface area (Å²) in [5, 5.41) is 1.68. The van der Waals surface area contributed by atoms with Crippen molar-refractivity contribution >= 4 is 8.07 Å². The van der Waals surface area contributed by atoms with Gasteiger partial charge in [0, 0.05) is 0 Å². The average Bonchev–Trinajstić information content (AvgIpc) is 2.08. The molecule has 4 heteroatoms. The molecule has 68 valence electrons. The standard InChI is InChI=1S/C8H14Si.2ClH.Zr/c1-9(2,3)8-6-4-5-7-8;;;/h4-6H,7H2,1-3H3;2*1H;/q;;;+2/p-2. The Kier molecular flexibility index (Phi) is 11.9. The number of halogens is 2. The average molecular weight is 300 g/mol. The van der Waals surface area contributed by atoms with E-state index in [9.17, 15) is 0 Å². The van der Waals surface area contributed by atoms with E-state index in [0.29, 0.717) is 0 Å². The summed E-state index contributed by atoms with van der Waals surface area (Å²) in [6, 6.07) is 0. The normalized spacial score (nSPS) is 13.8. The molecule has 0 heterocycles. The molecule has 0 spiro atoms. The second kappa shape index (κ2) is 7.55. The van der Waals surface area contributed by atoms with Crippen LogP contribution in [0.15, 0.2) is 23.4 Å². The van der Waals surface area contributed by atoms with Crippen LogP contribution < -0.4 is 24.8 Å². The van der Waals surface area contributed by atoms with Crippen molar-refractivity contribution in [2.45, 2.75) is 26.1 Å². The van der Waals surface area contributed by atoms with E-state index in [1.807, 2.05) is 0 Å². The zero-order valence-electron chi connectivity index (χ0n) is 7.70. The fourth-order valence-electron chi connectivity index (χ4n) is 1.00. The zero-order valence-corrected chi connectivity index (χ0v) is 12.7. The monoisotopic (exact) mass is 298 g/mol. The van der Waals surface area contributed by atoms with Crippen molar-refractivity contribution in [3.8, 4) is 0 Å². The second-order valence-corrected chi connectivity index (χ2v) is 8.72. The zero-order chi connectivity index (χ0) is 6.91. The summed E-state index contributed by atoms with van der Waals surface area (Å²) in [7, 11) is -0.926. The minimum absolute atomic E-state index is 0. The molecule has 1 aliphatic carbocycles. The van der Waals surface area contributed by atoms with Gasteiger partial charge in [0.05, 0.1) is 8.07 Å². The SMILES string of the molecule is C[Si](C)(C)C1=CC=CC1.[Cl-].[Cl-].[Zr+2]. The van der Waals surface area contributed by atoms with Crippen molar-refractivity contribution in [3.05, 3.63) is 23.4 Å². The van der Waals surface area contributed by atoms with Crippen molar-refractivity contribution in [2.24, 2.45) is 0 Å². The molecule has 0 atom stereocenters. The van der Waals surface area contributed by atoms with Crippen LogP contribution in [0.4, 0.5) is 0 Å². The Morgan fingerprint density at radius 1 is 1.17 bits per heavy atom. The number of allylic oxidation sites excluding steroid dienone is 4. The molecule has 0 bridgehead atoms. The summed E-state index contributed by atoms with van der Waals surface area (Å²) in [4.78, 5) is 0. The molecule has 0 aliphatic heterocycles. The van der Waals surface area contributed by atoms with E-state index >= 15 is 0 Å². The van der Waals surface area contributed by atoms with Gasteiger partial charge in [-0.2, -0.15) is 0 Å². The molecule has 0 saturated carbocycles. The molecular formula is C8H14Cl2SiZr. The van der Waals surface area contributed by atoms with Gasteiger partial charge in [-0.3, -0.25) is 0 Å². The molecule has 0 aromatic carbocycles. The van der Waals surface area contributed by atoms with Crippen LogP contribution in [0.3, 0.4) is 0 Å². The fourth-order valence-corrected chi connectivity index (χ4v) is 2.33. The molecule has 0 unspecified atom stereocenters. The van der Waals surface area contributed by atoms with Crippen LogP contribution in [-0.4, -0.2) is 8.07 Å². The first-order valence-electron chi connectivity index (χ1n) is 3.47. The van der Waals surface area contributed by atoms with Gasteiger partial charge in [0.1, 0.15) is 0 Å². The van der Waals surface area contributed by atoms with Crippen LogP contribution in [0.2, 0.25) is 19.6 Å². The first-order valence-corrected chi connectivity index (χ1v) is 6.97. The Bertz CT molecular complexity index is 170. The van der Waals surface area contributed by atoms with Gasteiger partial charge in [-0.1, -0.05) is 43.1 Å². The molecule has 0 N–H and O–H groups in total. The van der Waals surface area contributed by atoms with Crippen LogP contribution in [0.5, 0.6) is 0 Å². The summed E-state index contributed by atoms with van der Waals surface area (Å²) in [5.41, 5.74) is 0. The van der Waals surface area contributed by atoms with Crippen LogP contribution in [0.25, 0.3) is 0 Å². The third-order valence-corrected chi connectivity index (χ3v) is 4.03. The van der Waals surface area contributed by atoms with Gasteiger partial charge in [-0.05, 0) is 6.42 Å². The second-order valence-electron chi connectivity index (χ2n) is 3.57. The summed E-state index contributed by atoms with van der Waals surface area (Å²) in [6.45, 7) is 7.18. The molecule has 0 nitrogen and oxygen atoms in total. The predicted octanol–water partition coefficient (Wildman–Crippen LogP) is -3.24. The number of hydrogen-bond donors (Lipinski definition) is 0. The van der Waals surface area contributed by atoms with Crippen LogP contribution in [-0.2, 0) is 26.2 Å². The van der Waals surface area contributed by atoms with Crippen molar-refractivity contribution in [3.63, 3.8) is 0 Å². The molecule has 0 aromatic heterocycles. The first kappa shape index (κ1) is 18.9. The largest absolute Gasteiger partial charge is 2.00 e. The van der Waals surface area contributed by atoms with Crippen molar-refractivity contribution in [2.75, 3.05) is 0 Å². The van der Waals surface area contributed by atoms with E-state index in [1.165, 1.54) is 6.42 Å². The Morgan fingerprint density at radius 3 is 1.83 bits per heavy atom. The molecule has 0 saturated heterocycles. The molecule has 0 amide bonds. The van der Waals surface area contributed by atoms with Gasteiger partial charge in [0.2, 0.25) is 0 Å². The molecule has 0 radical (unpaired) electrons. The summed E-state index contributed by atoms with van der Waals surface area (Å²) >= 11 is 0. The van der Waals surface area contributed by atoms with Gasteiger partial charge < -0.3 is 24.8 Å². The molecule has 0 aromatic rings. The van der Waals surface area contributed by atoms with E-state index in [0.717, 1.165) is 0 Å². The predicted molar refractivity (Wildman–Crippen MR) is 45.2 cm³/mol. The number of rotatable bonds is 1. The Balaban J connectivity index is -0.000000270. The van der Waals surface area contributed by atoms with Crippen LogP contribution >= 0.6 is 0 Å². The smallest absolute Gasteiger partial charge is 1.00 e. The Labute approximate surface area is 108 Å². The minimum atomic E-state index is -0.926. The quantitative estimate of drug-likeness (QED) is 0.447.